The van der Waals surface area contributed by atoms with Crippen LogP contribution in [0.2, 0.25) is 0 Å². The fraction of sp³-hybridized carbons (Fsp3) is 0.474. The van der Waals surface area contributed by atoms with Crippen molar-refractivity contribution in [3.05, 3.63) is 58.8 Å². The topological polar surface area (TPSA) is 90.4 Å². The van der Waals surface area contributed by atoms with Crippen molar-refractivity contribution in [2.24, 2.45) is 0 Å². The Morgan fingerprint density at radius 1 is 1.37 bits per heavy atom. The number of thioether (sulfide) groups is 1. The van der Waals surface area contributed by atoms with E-state index in [4.69, 9.17) is 0 Å². The maximum absolute atomic E-state index is 12.3. The summed E-state index contributed by atoms with van der Waals surface area (Å²) in [5.41, 5.74) is 0.0131. The Labute approximate surface area is 162 Å². The second kappa shape index (κ2) is 8.77. The van der Waals surface area contributed by atoms with E-state index in [0.29, 0.717) is 31.8 Å². The zero-order valence-corrected chi connectivity index (χ0v) is 16.2. The van der Waals surface area contributed by atoms with Crippen molar-refractivity contribution in [3.63, 3.8) is 0 Å². The van der Waals surface area contributed by atoms with Gasteiger partial charge in [0.25, 0.3) is 0 Å². The molecule has 1 saturated heterocycles. The maximum atomic E-state index is 12.3. The van der Waals surface area contributed by atoms with Crippen molar-refractivity contribution in [3.8, 4) is 0 Å². The largest absolute Gasteiger partial charge is 0.389 e. The third-order valence-electron chi connectivity index (χ3n) is 5.13. The average Bonchev–Trinajstić information content (AvgIpc) is 3.08. The van der Waals surface area contributed by atoms with Crippen molar-refractivity contribution in [2.75, 3.05) is 31.6 Å². The van der Waals surface area contributed by atoms with Crippen LogP contribution in [-0.2, 0) is 16.9 Å². The molecule has 1 amide bonds. The normalized spacial score (nSPS) is 23.3. The summed E-state index contributed by atoms with van der Waals surface area (Å²) in [6.45, 7) is 2.39. The Balaban J connectivity index is 1.73. The van der Waals surface area contributed by atoms with Crippen LogP contribution in [0, 0.1) is 0 Å². The SMILES string of the molecule is CSCC(=O)N[C@@]1(c2ccccc2)CCN(CCn2cc[nH]c2=O)C[C@H]1O. The minimum Gasteiger partial charge on any atom is -0.389 e. The van der Waals surface area contributed by atoms with Gasteiger partial charge in [0, 0.05) is 38.6 Å². The fourth-order valence-electron chi connectivity index (χ4n) is 3.68. The molecule has 2 aromatic rings. The quantitative estimate of drug-likeness (QED) is 0.645. The van der Waals surface area contributed by atoms with Gasteiger partial charge in [-0.05, 0) is 18.2 Å². The van der Waals surface area contributed by atoms with Gasteiger partial charge in [-0.1, -0.05) is 30.3 Å². The van der Waals surface area contributed by atoms with Gasteiger partial charge in [0.1, 0.15) is 0 Å². The van der Waals surface area contributed by atoms with E-state index in [1.807, 2.05) is 36.6 Å². The highest BCUT2D eigenvalue weighted by molar-refractivity contribution is 7.99. The number of likely N-dealkylation sites (tertiary alicyclic amines) is 1. The Hall–Kier alpha value is -2.03. The predicted octanol–water partition coefficient (Wildman–Crippen LogP) is 0.618. The van der Waals surface area contributed by atoms with Crippen LogP contribution in [-0.4, -0.2) is 63.2 Å². The fourth-order valence-corrected chi connectivity index (χ4v) is 4.01. The molecule has 0 saturated carbocycles. The van der Waals surface area contributed by atoms with Gasteiger partial charge >= 0.3 is 5.69 Å². The van der Waals surface area contributed by atoms with Crippen molar-refractivity contribution >= 4 is 17.7 Å². The lowest BCUT2D eigenvalue weighted by Gasteiger charge is -2.46. The number of amides is 1. The molecule has 0 aliphatic carbocycles. The lowest BCUT2D eigenvalue weighted by molar-refractivity contribution is -0.124. The number of aliphatic hydroxyl groups is 1. The molecule has 2 heterocycles. The first-order chi connectivity index (χ1) is 13.0. The number of piperidine rings is 1. The number of benzene rings is 1. The van der Waals surface area contributed by atoms with Crippen molar-refractivity contribution in [1.29, 1.82) is 0 Å². The van der Waals surface area contributed by atoms with Gasteiger partial charge in [0.05, 0.1) is 17.4 Å². The monoisotopic (exact) mass is 390 g/mol. The minimum atomic E-state index is -0.782. The van der Waals surface area contributed by atoms with E-state index >= 15 is 0 Å². The molecular formula is C19H26N4O3S. The molecule has 3 N–H and O–H groups in total. The highest BCUT2D eigenvalue weighted by Gasteiger charge is 2.44. The maximum Gasteiger partial charge on any atom is 0.325 e. The standard InChI is InChI=1S/C19H26N4O3S/c1-27-14-17(25)21-19(15-5-3-2-4-6-15)7-9-22(13-16(19)24)11-12-23-10-8-20-18(23)26/h2-6,8,10,16,24H,7,9,11-14H2,1H3,(H,20,26)(H,21,25)/t16-,19-/m1/s1. The Morgan fingerprint density at radius 3 is 2.78 bits per heavy atom. The number of aromatic nitrogens is 2. The van der Waals surface area contributed by atoms with E-state index in [1.54, 1.807) is 17.0 Å². The van der Waals surface area contributed by atoms with E-state index in [2.05, 4.69) is 15.2 Å². The van der Waals surface area contributed by atoms with E-state index in [9.17, 15) is 14.7 Å². The minimum absolute atomic E-state index is 0.0715. The van der Waals surface area contributed by atoms with Gasteiger partial charge in [-0.2, -0.15) is 11.8 Å². The molecule has 0 bridgehead atoms. The molecule has 27 heavy (non-hydrogen) atoms. The van der Waals surface area contributed by atoms with E-state index < -0.39 is 11.6 Å². The first-order valence-corrected chi connectivity index (χ1v) is 10.4. The molecule has 0 spiro atoms. The van der Waals surface area contributed by atoms with E-state index in [-0.39, 0.29) is 11.6 Å². The molecule has 0 radical (unpaired) electrons. The summed E-state index contributed by atoms with van der Waals surface area (Å²) in [6.07, 6.45) is 5.11. The Bertz CT molecular complexity index is 807. The van der Waals surface area contributed by atoms with Crippen LogP contribution < -0.4 is 11.0 Å². The first kappa shape index (κ1) is 19.7. The van der Waals surface area contributed by atoms with Crippen LogP contribution in [0.4, 0.5) is 0 Å². The number of carbonyl (C=O) groups is 1. The first-order valence-electron chi connectivity index (χ1n) is 9.05. The number of β-amino-alcohol motifs (C(OH)–C–C–N with tert-alkyl or cyclic N) is 1. The zero-order valence-electron chi connectivity index (χ0n) is 15.4. The van der Waals surface area contributed by atoms with Crippen LogP contribution in [0.1, 0.15) is 12.0 Å². The number of rotatable bonds is 7. The van der Waals surface area contributed by atoms with E-state index in [0.717, 1.165) is 12.1 Å². The highest BCUT2D eigenvalue weighted by atomic mass is 32.2. The van der Waals surface area contributed by atoms with Gasteiger partial charge in [0.15, 0.2) is 0 Å². The van der Waals surface area contributed by atoms with Gasteiger partial charge < -0.3 is 15.4 Å². The predicted molar refractivity (Wildman–Crippen MR) is 107 cm³/mol. The molecule has 1 aromatic heterocycles. The van der Waals surface area contributed by atoms with E-state index in [1.165, 1.54) is 11.8 Å². The highest BCUT2D eigenvalue weighted by Crippen LogP contribution is 2.33. The van der Waals surface area contributed by atoms with Crippen LogP contribution >= 0.6 is 11.8 Å². The number of carbonyl (C=O) groups excluding carboxylic acids is 1. The number of nitrogens with zero attached hydrogens (tertiary/aromatic N) is 2. The van der Waals surface area contributed by atoms with Crippen LogP contribution in [0.5, 0.6) is 0 Å². The molecule has 0 unspecified atom stereocenters. The third kappa shape index (κ3) is 4.45. The van der Waals surface area contributed by atoms with Gasteiger partial charge in [-0.3, -0.25) is 14.3 Å². The van der Waals surface area contributed by atoms with Crippen LogP contribution in [0.3, 0.4) is 0 Å². The summed E-state index contributed by atoms with van der Waals surface area (Å²) in [4.78, 5) is 28.7. The summed E-state index contributed by atoms with van der Waals surface area (Å²) in [5.74, 6) is 0.291. The van der Waals surface area contributed by atoms with Crippen LogP contribution in [0.15, 0.2) is 47.5 Å². The number of nitrogens with one attached hydrogen (secondary N) is 2. The van der Waals surface area contributed by atoms with Crippen molar-refractivity contribution < 1.29 is 9.90 Å². The van der Waals surface area contributed by atoms with Gasteiger partial charge in [0.2, 0.25) is 5.91 Å². The summed E-state index contributed by atoms with van der Waals surface area (Å²) >= 11 is 1.46. The van der Waals surface area contributed by atoms with Gasteiger partial charge in [-0.25, -0.2) is 4.79 Å². The van der Waals surface area contributed by atoms with Crippen molar-refractivity contribution in [1.82, 2.24) is 19.8 Å². The van der Waals surface area contributed by atoms with Gasteiger partial charge in [-0.15, -0.1) is 0 Å². The second-order valence-electron chi connectivity index (χ2n) is 6.84. The molecule has 7 nitrogen and oxygen atoms in total. The molecule has 2 atom stereocenters. The number of aromatic amines is 1. The molecule has 8 heteroatoms. The molecule has 1 aliphatic rings. The summed E-state index contributed by atoms with van der Waals surface area (Å²) in [5, 5.41) is 14.1. The number of imidazole rings is 1. The number of aliphatic hydroxyl groups excluding tert-OH is 1. The van der Waals surface area contributed by atoms with Crippen molar-refractivity contribution in [2.45, 2.75) is 24.6 Å². The van der Waals surface area contributed by atoms with Crippen LogP contribution in [0.25, 0.3) is 0 Å². The Kier molecular flexibility index (Phi) is 6.41. The number of hydrogen-bond donors (Lipinski definition) is 3. The lowest BCUT2D eigenvalue weighted by Crippen LogP contribution is -2.62. The summed E-state index contributed by atoms with van der Waals surface area (Å²) in [6, 6.07) is 9.69. The molecule has 1 aliphatic heterocycles. The number of H-pyrrole nitrogens is 1. The zero-order chi connectivity index (χ0) is 19.3. The summed E-state index contributed by atoms with van der Waals surface area (Å²) < 4.78 is 1.62. The number of hydrogen-bond acceptors (Lipinski definition) is 5. The molecule has 146 valence electrons. The summed E-state index contributed by atoms with van der Waals surface area (Å²) in [7, 11) is 0. The lowest BCUT2D eigenvalue weighted by atomic mass is 9.78. The smallest absolute Gasteiger partial charge is 0.325 e. The molecule has 3 rings (SSSR count). The molecule has 1 aromatic carbocycles. The average molecular weight is 391 g/mol. The second-order valence-corrected chi connectivity index (χ2v) is 7.71. The third-order valence-corrected chi connectivity index (χ3v) is 5.68. The Morgan fingerprint density at radius 2 is 2.15 bits per heavy atom. The molecule has 1 fully saturated rings. The molecular weight excluding hydrogens is 364 g/mol.